The fourth-order valence-corrected chi connectivity index (χ4v) is 4.40. The smallest absolute Gasteiger partial charge is 0.255 e. The number of likely N-dealkylation sites (tertiary alicyclic amines) is 1. The summed E-state index contributed by atoms with van der Waals surface area (Å²) in [5.41, 5.74) is 2.55. The fraction of sp³-hybridized carbons (Fsp3) is 0.440. The number of amides is 2. The molecule has 2 aromatic carbocycles. The molecule has 1 saturated carbocycles. The highest BCUT2D eigenvalue weighted by atomic mass is 16.6. The Morgan fingerprint density at radius 1 is 0.903 bits per heavy atom. The Balaban J connectivity index is 1.14. The van der Waals surface area contributed by atoms with Gasteiger partial charge >= 0.3 is 0 Å². The van der Waals surface area contributed by atoms with Gasteiger partial charge < -0.3 is 19.7 Å². The van der Waals surface area contributed by atoms with Crippen LogP contribution in [0.5, 0.6) is 11.5 Å². The van der Waals surface area contributed by atoms with Crippen LogP contribution >= 0.6 is 0 Å². The van der Waals surface area contributed by atoms with E-state index in [0.29, 0.717) is 53.7 Å². The number of anilines is 1. The topological polar surface area (TPSA) is 67.9 Å². The van der Waals surface area contributed by atoms with E-state index in [4.69, 9.17) is 9.47 Å². The largest absolute Gasteiger partial charge is 0.486 e. The van der Waals surface area contributed by atoms with Crippen LogP contribution in [0, 0.1) is 11.8 Å². The molecular formula is C25H28N2O4. The molecule has 0 spiro atoms. The predicted molar refractivity (Wildman–Crippen MR) is 118 cm³/mol. The minimum atomic E-state index is -0.143. The number of hydrogen-bond acceptors (Lipinski definition) is 4. The third kappa shape index (κ3) is 4.68. The molecule has 0 radical (unpaired) electrons. The molecule has 1 saturated heterocycles. The molecule has 6 heteroatoms. The number of fused-ring (bicyclic) bond motifs is 1. The van der Waals surface area contributed by atoms with Crippen molar-refractivity contribution >= 4 is 17.5 Å². The van der Waals surface area contributed by atoms with Gasteiger partial charge in [-0.1, -0.05) is 12.1 Å². The second-order valence-electron chi connectivity index (χ2n) is 8.76. The van der Waals surface area contributed by atoms with E-state index in [1.807, 2.05) is 36.4 Å². The Bertz CT molecular complexity index is 960. The van der Waals surface area contributed by atoms with Crippen LogP contribution in [0.15, 0.2) is 42.5 Å². The maximum absolute atomic E-state index is 12.6. The van der Waals surface area contributed by atoms with E-state index < -0.39 is 0 Å². The van der Waals surface area contributed by atoms with Gasteiger partial charge in [-0.25, -0.2) is 0 Å². The number of ether oxygens (including phenoxy) is 2. The first-order valence-corrected chi connectivity index (χ1v) is 11.2. The molecule has 2 fully saturated rings. The zero-order valence-corrected chi connectivity index (χ0v) is 17.6. The fourth-order valence-electron chi connectivity index (χ4n) is 4.40. The summed E-state index contributed by atoms with van der Waals surface area (Å²) in [6.07, 6.45) is 5.27. The molecule has 0 unspecified atom stereocenters. The van der Waals surface area contributed by atoms with Gasteiger partial charge in [0.25, 0.3) is 5.91 Å². The molecule has 1 N–H and O–H groups in total. The van der Waals surface area contributed by atoms with Crippen molar-refractivity contribution < 1.29 is 19.1 Å². The van der Waals surface area contributed by atoms with Gasteiger partial charge in [-0.3, -0.25) is 9.59 Å². The molecule has 0 atom stereocenters. The molecule has 0 aromatic heterocycles. The lowest BCUT2D eigenvalue weighted by atomic mass is 9.89. The second kappa shape index (κ2) is 8.61. The van der Waals surface area contributed by atoms with Crippen LogP contribution < -0.4 is 14.8 Å². The second-order valence-corrected chi connectivity index (χ2v) is 8.76. The maximum atomic E-state index is 12.6. The van der Waals surface area contributed by atoms with E-state index in [1.165, 1.54) is 5.56 Å². The van der Waals surface area contributed by atoms with Gasteiger partial charge in [-0.05, 0) is 67.9 Å². The zero-order chi connectivity index (χ0) is 21.2. The molecule has 2 heterocycles. The van der Waals surface area contributed by atoms with Gasteiger partial charge in [-0.2, -0.15) is 0 Å². The van der Waals surface area contributed by atoms with Gasteiger partial charge in [0.05, 0.1) is 0 Å². The number of carbonyl (C=O) groups excluding carboxylic acids is 2. The molecule has 2 aromatic rings. The van der Waals surface area contributed by atoms with Gasteiger partial charge in [-0.15, -0.1) is 0 Å². The highest BCUT2D eigenvalue weighted by Crippen LogP contribution is 2.34. The number of piperidine rings is 1. The van der Waals surface area contributed by atoms with Crippen molar-refractivity contribution in [2.75, 3.05) is 31.6 Å². The lowest BCUT2D eigenvalue weighted by Gasteiger charge is -2.32. The monoisotopic (exact) mass is 420 g/mol. The van der Waals surface area contributed by atoms with Gasteiger partial charge in [0.15, 0.2) is 11.5 Å². The van der Waals surface area contributed by atoms with Crippen LogP contribution in [-0.4, -0.2) is 43.0 Å². The van der Waals surface area contributed by atoms with Crippen LogP contribution in [-0.2, 0) is 11.2 Å². The molecule has 162 valence electrons. The predicted octanol–water partition coefficient (Wildman–Crippen LogP) is 3.90. The van der Waals surface area contributed by atoms with E-state index in [1.54, 1.807) is 6.07 Å². The van der Waals surface area contributed by atoms with Crippen molar-refractivity contribution in [1.29, 1.82) is 0 Å². The van der Waals surface area contributed by atoms with Gasteiger partial charge in [0.2, 0.25) is 5.91 Å². The van der Waals surface area contributed by atoms with E-state index in [9.17, 15) is 9.59 Å². The van der Waals surface area contributed by atoms with E-state index in [-0.39, 0.29) is 5.91 Å². The summed E-state index contributed by atoms with van der Waals surface area (Å²) in [6.45, 7) is 2.83. The molecular weight excluding hydrogens is 392 g/mol. The first-order valence-electron chi connectivity index (χ1n) is 11.2. The van der Waals surface area contributed by atoms with Gasteiger partial charge in [0, 0.05) is 36.3 Å². The highest BCUT2D eigenvalue weighted by Gasteiger charge is 2.34. The number of hydrogen-bond donors (Lipinski definition) is 1. The van der Waals surface area contributed by atoms with Crippen molar-refractivity contribution in [3.05, 3.63) is 53.6 Å². The normalized spacial score (nSPS) is 18.5. The maximum Gasteiger partial charge on any atom is 0.255 e. The Kier molecular flexibility index (Phi) is 5.53. The van der Waals surface area contributed by atoms with E-state index in [0.717, 1.165) is 45.2 Å². The van der Waals surface area contributed by atoms with Crippen LogP contribution in [0.4, 0.5) is 5.69 Å². The van der Waals surface area contributed by atoms with Crippen molar-refractivity contribution in [3.8, 4) is 11.5 Å². The van der Waals surface area contributed by atoms with Crippen molar-refractivity contribution in [2.45, 2.75) is 32.1 Å². The molecule has 6 nitrogen and oxygen atoms in total. The Morgan fingerprint density at radius 2 is 1.61 bits per heavy atom. The van der Waals surface area contributed by atoms with Crippen LogP contribution in [0.25, 0.3) is 0 Å². The summed E-state index contributed by atoms with van der Waals surface area (Å²) in [7, 11) is 0. The Labute approximate surface area is 182 Å². The van der Waals surface area contributed by atoms with Gasteiger partial charge in [0.1, 0.15) is 13.2 Å². The Hall–Kier alpha value is -3.02. The lowest BCUT2D eigenvalue weighted by molar-refractivity contribution is -0.133. The molecule has 5 rings (SSSR count). The molecule has 1 aliphatic carbocycles. The summed E-state index contributed by atoms with van der Waals surface area (Å²) in [5.74, 6) is 2.50. The third-order valence-corrected chi connectivity index (χ3v) is 6.39. The minimum Gasteiger partial charge on any atom is -0.486 e. The van der Waals surface area contributed by atoms with Crippen LogP contribution in [0.1, 0.15) is 41.6 Å². The summed E-state index contributed by atoms with van der Waals surface area (Å²) in [6, 6.07) is 13.3. The first kappa shape index (κ1) is 19.9. The van der Waals surface area contributed by atoms with Crippen molar-refractivity contribution in [3.63, 3.8) is 0 Å². The average Bonchev–Trinajstić information content (AvgIpc) is 3.65. The van der Waals surface area contributed by atoms with E-state index in [2.05, 4.69) is 10.2 Å². The first-order chi connectivity index (χ1) is 15.2. The molecule has 0 bridgehead atoms. The molecule has 2 aliphatic heterocycles. The Morgan fingerprint density at radius 3 is 2.32 bits per heavy atom. The number of nitrogens with zero attached hydrogens (tertiary/aromatic N) is 1. The van der Waals surface area contributed by atoms with Crippen molar-refractivity contribution in [1.82, 2.24) is 4.90 Å². The molecule has 3 aliphatic rings. The standard InChI is InChI=1S/C25H28N2O4/c28-24(26-21-7-8-22-23(16-21)31-14-13-30-22)19-3-1-17(2-4-19)15-18-9-11-27(12-10-18)25(29)20-5-6-20/h1-4,7-8,16,18,20H,5-6,9-15H2,(H,26,28). The highest BCUT2D eigenvalue weighted by molar-refractivity contribution is 6.04. The van der Waals surface area contributed by atoms with Crippen molar-refractivity contribution in [2.24, 2.45) is 11.8 Å². The third-order valence-electron chi connectivity index (χ3n) is 6.39. The summed E-state index contributed by atoms with van der Waals surface area (Å²) < 4.78 is 11.1. The molecule has 2 amide bonds. The number of rotatable bonds is 5. The van der Waals surface area contributed by atoms with E-state index >= 15 is 0 Å². The number of benzene rings is 2. The quantitative estimate of drug-likeness (QED) is 0.797. The number of carbonyl (C=O) groups is 2. The molecule has 31 heavy (non-hydrogen) atoms. The summed E-state index contributed by atoms with van der Waals surface area (Å²) in [5, 5.41) is 2.93. The zero-order valence-electron chi connectivity index (χ0n) is 17.6. The minimum absolute atomic E-state index is 0.143. The SMILES string of the molecule is O=C(Nc1ccc2c(c1)OCCO2)c1ccc(CC2CCN(C(=O)C3CC3)CC2)cc1. The van der Waals surface area contributed by atoms with Crippen LogP contribution in [0.3, 0.4) is 0 Å². The van der Waals surface area contributed by atoms with Crippen LogP contribution in [0.2, 0.25) is 0 Å². The number of nitrogens with one attached hydrogen (secondary N) is 1. The summed E-state index contributed by atoms with van der Waals surface area (Å²) >= 11 is 0. The summed E-state index contributed by atoms with van der Waals surface area (Å²) in [4.78, 5) is 26.9. The average molecular weight is 421 g/mol. The lowest BCUT2D eigenvalue weighted by Crippen LogP contribution is -2.39.